The minimum absolute atomic E-state index is 0.487. The first kappa shape index (κ1) is 17.4. The zero-order valence-electron chi connectivity index (χ0n) is 15.9. The van der Waals surface area contributed by atoms with Gasteiger partial charge in [0, 0.05) is 38.3 Å². The van der Waals surface area contributed by atoms with Gasteiger partial charge >= 0.3 is 0 Å². The molecule has 2 atom stereocenters. The van der Waals surface area contributed by atoms with E-state index in [0.29, 0.717) is 12.0 Å². The molecule has 1 fully saturated rings. The molecule has 1 saturated heterocycles. The van der Waals surface area contributed by atoms with Gasteiger partial charge in [-0.3, -0.25) is 4.90 Å². The van der Waals surface area contributed by atoms with Crippen LogP contribution >= 0.6 is 0 Å². The Hall–Kier alpha value is -1.98. The maximum absolute atomic E-state index is 4.68. The Kier molecular flexibility index (Phi) is 5.18. The standard InChI is InChI=1S/C21H29N5/c1-16-9-11-26(13-17-6-4-3-5-7-17)14-20(16)25(2)21-18-8-10-22-12-19(18)23-15-24-21/h3-7,15-16,20,22H,8-14H2,1-2H3/t16-,20?/m1/s1. The molecule has 2 aliphatic heterocycles. The fraction of sp³-hybridized carbons (Fsp3) is 0.524. The van der Waals surface area contributed by atoms with Crippen molar-refractivity contribution in [2.45, 2.75) is 38.9 Å². The Balaban J connectivity index is 1.52. The summed E-state index contributed by atoms with van der Waals surface area (Å²) in [5, 5.41) is 3.41. The molecular weight excluding hydrogens is 322 g/mol. The Morgan fingerprint density at radius 1 is 1.23 bits per heavy atom. The van der Waals surface area contributed by atoms with Crippen LogP contribution < -0.4 is 10.2 Å². The van der Waals surface area contributed by atoms with Crippen LogP contribution in [-0.2, 0) is 19.5 Å². The van der Waals surface area contributed by atoms with Crippen molar-refractivity contribution >= 4 is 5.82 Å². The van der Waals surface area contributed by atoms with Gasteiger partial charge in [0.25, 0.3) is 0 Å². The monoisotopic (exact) mass is 351 g/mol. The van der Waals surface area contributed by atoms with Crippen LogP contribution in [0.4, 0.5) is 5.82 Å². The number of likely N-dealkylation sites (N-methyl/N-ethyl adjacent to an activating group) is 1. The first-order valence-corrected chi connectivity index (χ1v) is 9.75. The van der Waals surface area contributed by atoms with Gasteiger partial charge in [-0.15, -0.1) is 0 Å². The smallest absolute Gasteiger partial charge is 0.135 e. The molecule has 2 aliphatic rings. The lowest BCUT2D eigenvalue weighted by atomic mass is 9.91. The number of nitrogens with zero attached hydrogens (tertiary/aromatic N) is 4. The Morgan fingerprint density at radius 3 is 2.92 bits per heavy atom. The third-order valence-corrected chi connectivity index (χ3v) is 5.94. The van der Waals surface area contributed by atoms with Crippen LogP contribution in [0.15, 0.2) is 36.7 Å². The minimum Gasteiger partial charge on any atom is -0.355 e. The van der Waals surface area contributed by atoms with Crippen molar-refractivity contribution in [2.24, 2.45) is 5.92 Å². The molecule has 0 spiro atoms. The molecule has 0 amide bonds. The van der Waals surface area contributed by atoms with E-state index in [1.165, 1.54) is 24.1 Å². The molecular formula is C21H29N5. The molecule has 2 aromatic rings. The number of fused-ring (bicyclic) bond motifs is 1. The maximum atomic E-state index is 4.68. The molecule has 26 heavy (non-hydrogen) atoms. The second-order valence-corrected chi connectivity index (χ2v) is 7.71. The quantitative estimate of drug-likeness (QED) is 0.917. The predicted molar refractivity (Wildman–Crippen MR) is 105 cm³/mol. The SMILES string of the molecule is C[C@@H]1CCN(Cc2ccccc2)CC1N(C)c1ncnc2c1CCNC2. The van der Waals surface area contributed by atoms with Crippen LogP contribution in [0.3, 0.4) is 0 Å². The Morgan fingerprint density at radius 2 is 2.08 bits per heavy atom. The average Bonchev–Trinajstić information content (AvgIpc) is 2.69. The van der Waals surface area contributed by atoms with E-state index >= 15 is 0 Å². The lowest BCUT2D eigenvalue weighted by Gasteiger charge is -2.43. The van der Waals surface area contributed by atoms with Crippen molar-refractivity contribution in [1.29, 1.82) is 0 Å². The normalized spacial score (nSPS) is 23.5. The summed E-state index contributed by atoms with van der Waals surface area (Å²) in [4.78, 5) is 14.2. The van der Waals surface area contributed by atoms with Crippen molar-refractivity contribution in [3.05, 3.63) is 53.5 Å². The molecule has 1 N–H and O–H groups in total. The molecule has 1 aromatic heterocycles. The van der Waals surface area contributed by atoms with Gasteiger partial charge in [0.1, 0.15) is 12.1 Å². The summed E-state index contributed by atoms with van der Waals surface area (Å²) >= 11 is 0. The Labute approximate surface area is 156 Å². The maximum Gasteiger partial charge on any atom is 0.135 e. The zero-order valence-corrected chi connectivity index (χ0v) is 15.9. The second kappa shape index (κ2) is 7.72. The number of aromatic nitrogens is 2. The van der Waals surface area contributed by atoms with Gasteiger partial charge in [-0.25, -0.2) is 9.97 Å². The summed E-state index contributed by atoms with van der Waals surface area (Å²) < 4.78 is 0. The van der Waals surface area contributed by atoms with Gasteiger partial charge in [-0.05, 0) is 37.4 Å². The highest BCUT2D eigenvalue weighted by Crippen LogP contribution is 2.29. The molecule has 4 rings (SSSR count). The summed E-state index contributed by atoms with van der Waals surface area (Å²) in [6.07, 6.45) is 3.98. The van der Waals surface area contributed by atoms with Crippen molar-refractivity contribution in [3.8, 4) is 0 Å². The number of benzene rings is 1. The van der Waals surface area contributed by atoms with Gasteiger partial charge in [0.15, 0.2) is 0 Å². The highest BCUT2D eigenvalue weighted by atomic mass is 15.3. The predicted octanol–water partition coefficient (Wildman–Crippen LogP) is 2.47. The summed E-state index contributed by atoms with van der Waals surface area (Å²) in [5.41, 5.74) is 3.90. The molecule has 1 aromatic carbocycles. The first-order valence-electron chi connectivity index (χ1n) is 9.75. The van der Waals surface area contributed by atoms with Gasteiger partial charge in [-0.1, -0.05) is 37.3 Å². The van der Waals surface area contributed by atoms with Crippen LogP contribution in [0.2, 0.25) is 0 Å². The molecule has 3 heterocycles. The van der Waals surface area contributed by atoms with Crippen LogP contribution in [0, 0.1) is 5.92 Å². The molecule has 1 unspecified atom stereocenters. The van der Waals surface area contributed by atoms with Gasteiger partial charge < -0.3 is 10.2 Å². The number of hydrogen-bond donors (Lipinski definition) is 1. The number of piperidine rings is 1. The molecule has 138 valence electrons. The molecule has 0 radical (unpaired) electrons. The van der Waals surface area contributed by atoms with Crippen molar-refractivity contribution in [2.75, 3.05) is 31.6 Å². The van der Waals surface area contributed by atoms with E-state index < -0.39 is 0 Å². The second-order valence-electron chi connectivity index (χ2n) is 7.71. The van der Waals surface area contributed by atoms with Crippen molar-refractivity contribution in [3.63, 3.8) is 0 Å². The fourth-order valence-corrected chi connectivity index (χ4v) is 4.33. The highest BCUT2D eigenvalue weighted by molar-refractivity contribution is 5.50. The van der Waals surface area contributed by atoms with Crippen molar-refractivity contribution < 1.29 is 0 Å². The number of likely N-dealkylation sites (tertiary alicyclic amines) is 1. The molecule has 0 saturated carbocycles. The van der Waals surface area contributed by atoms with Crippen molar-refractivity contribution in [1.82, 2.24) is 20.2 Å². The third-order valence-electron chi connectivity index (χ3n) is 5.94. The summed E-state index contributed by atoms with van der Waals surface area (Å²) in [6, 6.07) is 11.3. The minimum atomic E-state index is 0.487. The third kappa shape index (κ3) is 3.60. The molecule has 0 bridgehead atoms. The van der Waals surface area contributed by atoms with E-state index in [9.17, 15) is 0 Å². The average molecular weight is 351 g/mol. The van der Waals surface area contributed by atoms with Crippen LogP contribution in [-0.4, -0.2) is 47.6 Å². The number of hydrogen-bond acceptors (Lipinski definition) is 5. The van der Waals surface area contributed by atoms with Gasteiger partial charge in [0.05, 0.1) is 5.69 Å². The number of rotatable bonds is 4. The van der Waals surface area contributed by atoms with Crippen LogP contribution in [0.1, 0.15) is 30.2 Å². The van der Waals surface area contributed by atoms with E-state index in [0.717, 1.165) is 44.1 Å². The van der Waals surface area contributed by atoms with E-state index in [2.05, 4.69) is 69.4 Å². The zero-order chi connectivity index (χ0) is 17.9. The van der Waals surface area contributed by atoms with Gasteiger partial charge in [0.2, 0.25) is 0 Å². The van der Waals surface area contributed by atoms with Crippen LogP contribution in [0.25, 0.3) is 0 Å². The number of nitrogens with one attached hydrogen (secondary N) is 1. The molecule has 5 heteroatoms. The topological polar surface area (TPSA) is 44.3 Å². The van der Waals surface area contributed by atoms with Crippen LogP contribution in [0.5, 0.6) is 0 Å². The molecule has 0 aliphatic carbocycles. The summed E-state index contributed by atoms with van der Waals surface area (Å²) in [7, 11) is 2.22. The fourth-order valence-electron chi connectivity index (χ4n) is 4.33. The van der Waals surface area contributed by atoms with E-state index in [1.807, 2.05) is 0 Å². The van der Waals surface area contributed by atoms with E-state index in [-0.39, 0.29) is 0 Å². The summed E-state index contributed by atoms with van der Waals surface area (Å²) in [5.74, 6) is 1.80. The van der Waals surface area contributed by atoms with E-state index in [1.54, 1.807) is 6.33 Å². The Bertz CT molecular complexity index is 732. The van der Waals surface area contributed by atoms with E-state index in [4.69, 9.17) is 0 Å². The molecule has 5 nitrogen and oxygen atoms in total. The highest BCUT2D eigenvalue weighted by Gasteiger charge is 2.31. The largest absolute Gasteiger partial charge is 0.355 e. The first-order chi connectivity index (χ1) is 12.7. The van der Waals surface area contributed by atoms with Gasteiger partial charge in [-0.2, -0.15) is 0 Å². The summed E-state index contributed by atoms with van der Waals surface area (Å²) in [6.45, 7) is 7.55. The number of anilines is 1. The lowest BCUT2D eigenvalue weighted by Crippen LogP contribution is -2.51. The lowest BCUT2D eigenvalue weighted by molar-refractivity contribution is 0.159.